The van der Waals surface area contributed by atoms with Crippen LogP contribution in [0.2, 0.25) is 0 Å². The molecule has 0 saturated carbocycles. The summed E-state index contributed by atoms with van der Waals surface area (Å²) in [4.78, 5) is 12.9. The molecule has 1 fully saturated rings. The highest BCUT2D eigenvalue weighted by Crippen LogP contribution is 2.13. The summed E-state index contributed by atoms with van der Waals surface area (Å²) in [5, 5.41) is 12.1. The molecule has 0 radical (unpaired) electrons. The van der Waals surface area contributed by atoms with Gasteiger partial charge < -0.3 is 10.4 Å². The number of hydrogen-bond acceptors (Lipinski definition) is 3. The average Bonchev–Trinajstić information content (AvgIpc) is 2.38. The molecule has 0 spiro atoms. The van der Waals surface area contributed by atoms with Gasteiger partial charge in [0, 0.05) is 32.1 Å². The Balaban J connectivity index is 2.53. The van der Waals surface area contributed by atoms with Crippen molar-refractivity contribution in [2.24, 2.45) is 5.92 Å². The van der Waals surface area contributed by atoms with Gasteiger partial charge in [-0.2, -0.15) is 0 Å². The molecule has 4 nitrogen and oxygen atoms in total. The second kappa shape index (κ2) is 6.66. The van der Waals surface area contributed by atoms with Crippen molar-refractivity contribution < 1.29 is 9.90 Å². The molecule has 0 aromatic carbocycles. The molecule has 16 heavy (non-hydrogen) atoms. The smallest absolute Gasteiger partial charge is 0.303 e. The maximum atomic E-state index is 10.6. The Kier molecular flexibility index (Phi) is 5.49. The van der Waals surface area contributed by atoms with Gasteiger partial charge in [-0.15, -0.1) is 6.58 Å². The van der Waals surface area contributed by atoms with Crippen molar-refractivity contribution in [3.8, 4) is 0 Å². The number of rotatable bonds is 5. The minimum atomic E-state index is -0.712. The zero-order chi connectivity index (χ0) is 12.0. The van der Waals surface area contributed by atoms with Crippen LogP contribution in [0.1, 0.15) is 19.8 Å². The summed E-state index contributed by atoms with van der Waals surface area (Å²) in [6, 6.07) is 0.319. The summed E-state index contributed by atoms with van der Waals surface area (Å²) >= 11 is 0. The molecule has 1 rings (SSSR count). The van der Waals surface area contributed by atoms with E-state index in [9.17, 15) is 4.79 Å². The van der Waals surface area contributed by atoms with Crippen LogP contribution in [0.5, 0.6) is 0 Å². The number of nitrogens with zero attached hydrogens (tertiary/aromatic N) is 1. The SMILES string of the molecule is C=CCN1CC(C)CNCC1CCC(=O)O. The second-order valence-corrected chi connectivity index (χ2v) is 4.59. The standard InChI is InChI=1S/C12H22N2O2/c1-3-6-14-9-10(2)7-13-8-11(14)4-5-12(15)16/h3,10-11,13H,1,4-9H2,2H3,(H,15,16). The highest BCUT2D eigenvalue weighted by Gasteiger charge is 2.23. The highest BCUT2D eigenvalue weighted by atomic mass is 16.4. The quantitative estimate of drug-likeness (QED) is 0.685. The van der Waals surface area contributed by atoms with Gasteiger partial charge in [0.15, 0.2) is 0 Å². The lowest BCUT2D eigenvalue weighted by atomic mass is 10.1. The third-order valence-corrected chi connectivity index (χ3v) is 2.99. The lowest BCUT2D eigenvalue weighted by molar-refractivity contribution is -0.137. The first kappa shape index (κ1) is 13.2. The van der Waals surface area contributed by atoms with E-state index in [1.807, 2.05) is 6.08 Å². The summed E-state index contributed by atoms with van der Waals surface area (Å²) in [5.74, 6) is -0.106. The number of carbonyl (C=O) groups is 1. The number of carboxylic acids is 1. The first-order chi connectivity index (χ1) is 7.63. The fraction of sp³-hybridized carbons (Fsp3) is 0.750. The van der Waals surface area contributed by atoms with Crippen molar-refractivity contribution in [1.82, 2.24) is 10.2 Å². The number of hydrogen-bond donors (Lipinski definition) is 2. The predicted octanol–water partition coefficient (Wildman–Crippen LogP) is 0.947. The van der Waals surface area contributed by atoms with Crippen molar-refractivity contribution in [3.63, 3.8) is 0 Å². The molecule has 0 bridgehead atoms. The normalized spacial score (nSPS) is 27.3. The Morgan fingerprint density at radius 3 is 3.00 bits per heavy atom. The summed E-state index contributed by atoms with van der Waals surface area (Å²) in [6.07, 6.45) is 2.85. The van der Waals surface area contributed by atoms with Crippen LogP contribution in [0.3, 0.4) is 0 Å². The van der Waals surface area contributed by atoms with Crippen LogP contribution >= 0.6 is 0 Å². The predicted molar refractivity (Wildman–Crippen MR) is 64.5 cm³/mol. The van der Waals surface area contributed by atoms with Gasteiger partial charge in [0.05, 0.1) is 0 Å². The number of aliphatic carboxylic acids is 1. The molecule has 1 aliphatic heterocycles. The molecule has 1 heterocycles. The van der Waals surface area contributed by atoms with E-state index in [0.717, 1.165) is 26.2 Å². The fourth-order valence-corrected chi connectivity index (χ4v) is 2.20. The molecule has 0 aliphatic carbocycles. The van der Waals surface area contributed by atoms with E-state index in [1.165, 1.54) is 0 Å². The van der Waals surface area contributed by atoms with E-state index in [0.29, 0.717) is 18.4 Å². The molecule has 92 valence electrons. The van der Waals surface area contributed by atoms with E-state index in [4.69, 9.17) is 5.11 Å². The number of nitrogens with one attached hydrogen (secondary N) is 1. The van der Waals surface area contributed by atoms with Crippen LogP contribution in [0.15, 0.2) is 12.7 Å². The topological polar surface area (TPSA) is 52.6 Å². The van der Waals surface area contributed by atoms with Crippen LogP contribution in [-0.2, 0) is 4.79 Å². The lowest BCUT2D eigenvalue weighted by Gasteiger charge is -2.29. The Hall–Kier alpha value is -0.870. The first-order valence-electron chi connectivity index (χ1n) is 5.91. The molecule has 2 N–H and O–H groups in total. The van der Waals surface area contributed by atoms with Crippen molar-refractivity contribution in [2.45, 2.75) is 25.8 Å². The average molecular weight is 226 g/mol. The van der Waals surface area contributed by atoms with E-state index in [1.54, 1.807) is 0 Å². The maximum Gasteiger partial charge on any atom is 0.303 e. The van der Waals surface area contributed by atoms with E-state index < -0.39 is 5.97 Å². The zero-order valence-electron chi connectivity index (χ0n) is 9.98. The Morgan fingerprint density at radius 2 is 2.38 bits per heavy atom. The Morgan fingerprint density at radius 1 is 1.62 bits per heavy atom. The molecule has 4 heteroatoms. The van der Waals surface area contributed by atoms with Gasteiger partial charge in [0.1, 0.15) is 0 Å². The molecule has 0 aromatic heterocycles. The molecule has 1 saturated heterocycles. The van der Waals surface area contributed by atoms with Gasteiger partial charge >= 0.3 is 5.97 Å². The van der Waals surface area contributed by atoms with Gasteiger partial charge in [-0.1, -0.05) is 13.0 Å². The maximum absolute atomic E-state index is 10.6. The summed E-state index contributed by atoms with van der Waals surface area (Å²) < 4.78 is 0. The summed E-state index contributed by atoms with van der Waals surface area (Å²) in [5.41, 5.74) is 0. The van der Waals surface area contributed by atoms with Crippen molar-refractivity contribution in [3.05, 3.63) is 12.7 Å². The largest absolute Gasteiger partial charge is 0.481 e. The number of carboxylic acid groups (broad SMARTS) is 1. The molecule has 0 amide bonds. The fourth-order valence-electron chi connectivity index (χ4n) is 2.20. The van der Waals surface area contributed by atoms with Crippen molar-refractivity contribution >= 4 is 5.97 Å². The first-order valence-corrected chi connectivity index (χ1v) is 5.91. The van der Waals surface area contributed by atoms with E-state index in [-0.39, 0.29) is 6.42 Å². The molecule has 1 aliphatic rings. The van der Waals surface area contributed by atoms with Crippen molar-refractivity contribution in [1.29, 1.82) is 0 Å². The van der Waals surface area contributed by atoms with Gasteiger partial charge in [0.2, 0.25) is 0 Å². The van der Waals surface area contributed by atoms with Crippen molar-refractivity contribution in [2.75, 3.05) is 26.2 Å². The molecule has 2 atom stereocenters. The highest BCUT2D eigenvalue weighted by molar-refractivity contribution is 5.66. The van der Waals surface area contributed by atoms with Crippen LogP contribution in [0.25, 0.3) is 0 Å². The zero-order valence-corrected chi connectivity index (χ0v) is 9.98. The second-order valence-electron chi connectivity index (χ2n) is 4.59. The van der Waals surface area contributed by atoms with E-state index >= 15 is 0 Å². The third-order valence-electron chi connectivity index (χ3n) is 2.99. The molecular formula is C12H22N2O2. The minimum Gasteiger partial charge on any atom is -0.481 e. The van der Waals surface area contributed by atoms with Gasteiger partial charge in [0.25, 0.3) is 0 Å². The summed E-state index contributed by atoms with van der Waals surface area (Å²) in [6.45, 7) is 9.72. The van der Waals surface area contributed by atoms with Crippen LogP contribution < -0.4 is 5.32 Å². The van der Waals surface area contributed by atoms with Crippen LogP contribution in [-0.4, -0.2) is 48.2 Å². The summed E-state index contributed by atoms with van der Waals surface area (Å²) in [7, 11) is 0. The minimum absolute atomic E-state index is 0.244. The monoisotopic (exact) mass is 226 g/mol. The van der Waals surface area contributed by atoms with Crippen LogP contribution in [0, 0.1) is 5.92 Å². The Labute approximate surface area is 97.3 Å². The molecular weight excluding hydrogens is 204 g/mol. The van der Waals surface area contributed by atoms with Gasteiger partial charge in [-0.25, -0.2) is 0 Å². The van der Waals surface area contributed by atoms with Gasteiger partial charge in [-0.05, 0) is 18.9 Å². The molecule has 2 unspecified atom stereocenters. The lowest BCUT2D eigenvalue weighted by Crippen LogP contribution is -2.40. The third kappa shape index (κ3) is 4.33. The molecule has 0 aromatic rings. The Bertz CT molecular complexity index is 243. The van der Waals surface area contributed by atoms with Crippen LogP contribution in [0.4, 0.5) is 0 Å². The van der Waals surface area contributed by atoms with Gasteiger partial charge in [-0.3, -0.25) is 9.69 Å². The van der Waals surface area contributed by atoms with E-state index in [2.05, 4.69) is 23.7 Å².